The summed E-state index contributed by atoms with van der Waals surface area (Å²) in [5.74, 6) is -0.00489. The van der Waals surface area contributed by atoms with E-state index in [9.17, 15) is 4.79 Å². The van der Waals surface area contributed by atoms with Gasteiger partial charge in [-0.2, -0.15) is 0 Å². The lowest BCUT2D eigenvalue weighted by atomic mass is 9.78. The number of hydrogen-bond acceptors (Lipinski definition) is 6. The van der Waals surface area contributed by atoms with Gasteiger partial charge in [-0.25, -0.2) is 4.68 Å². The molecule has 1 amide bonds. The zero-order valence-corrected chi connectivity index (χ0v) is 13.0. The number of piperidine rings is 1. The van der Waals surface area contributed by atoms with Crippen LogP contribution in [0.15, 0.2) is 30.6 Å². The number of anilines is 1. The molecule has 0 atom stereocenters. The van der Waals surface area contributed by atoms with Gasteiger partial charge in [-0.3, -0.25) is 4.79 Å². The van der Waals surface area contributed by atoms with Crippen LogP contribution in [0.5, 0.6) is 0 Å². The molecule has 0 radical (unpaired) electrons. The van der Waals surface area contributed by atoms with Gasteiger partial charge in [0.1, 0.15) is 6.33 Å². The van der Waals surface area contributed by atoms with E-state index in [0.717, 1.165) is 37.3 Å². The van der Waals surface area contributed by atoms with Gasteiger partial charge in [0.25, 0.3) is 0 Å². The summed E-state index contributed by atoms with van der Waals surface area (Å²) in [5.41, 5.74) is 1.03. The minimum Gasteiger partial charge on any atom is -0.384 e. The third kappa shape index (κ3) is 3.38. The molecule has 8 nitrogen and oxygen atoms in total. The number of carbonyl (C=O) groups excluding carboxylic acids is 1. The lowest BCUT2D eigenvalue weighted by Crippen LogP contribution is -2.47. The van der Waals surface area contributed by atoms with Crippen molar-refractivity contribution in [3.8, 4) is 5.69 Å². The maximum atomic E-state index is 12.8. The van der Waals surface area contributed by atoms with Crippen molar-refractivity contribution in [2.45, 2.75) is 12.8 Å². The second-order valence-electron chi connectivity index (χ2n) is 5.72. The van der Waals surface area contributed by atoms with Gasteiger partial charge < -0.3 is 15.4 Å². The Morgan fingerprint density at radius 3 is 2.96 bits per heavy atom. The third-order valence-corrected chi connectivity index (χ3v) is 4.18. The van der Waals surface area contributed by atoms with Crippen LogP contribution in [0.4, 0.5) is 5.69 Å². The van der Waals surface area contributed by atoms with E-state index < -0.39 is 5.41 Å². The molecule has 1 aromatic carbocycles. The standard InChI is InChI=1S/C15H20N6O2/c1-23-10-15(5-7-16-8-6-15)14(22)18-12-3-2-4-13(9-12)21-11-17-19-20-21/h2-4,9,11,16H,5-8,10H2,1H3,(H,18,22). The fourth-order valence-electron chi connectivity index (χ4n) is 2.89. The number of benzene rings is 1. The van der Waals surface area contributed by atoms with Crippen molar-refractivity contribution in [1.29, 1.82) is 0 Å². The number of nitrogens with zero attached hydrogens (tertiary/aromatic N) is 4. The van der Waals surface area contributed by atoms with Gasteiger partial charge in [-0.15, -0.1) is 5.10 Å². The Balaban J connectivity index is 1.77. The molecule has 2 aromatic rings. The molecular weight excluding hydrogens is 296 g/mol. The molecule has 3 rings (SSSR count). The van der Waals surface area contributed by atoms with E-state index in [1.165, 1.54) is 6.33 Å². The minimum atomic E-state index is -0.481. The van der Waals surface area contributed by atoms with Crippen molar-refractivity contribution < 1.29 is 9.53 Å². The summed E-state index contributed by atoms with van der Waals surface area (Å²) in [6.45, 7) is 2.07. The molecule has 0 unspecified atom stereocenters. The monoisotopic (exact) mass is 316 g/mol. The van der Waals surface area contributed by atoms with Gasteiger partial charge in [-0.05, 0) is 54.6 Å². The maximum Gasteiger partial charge on any atom is 0.233 e. The molecule has 1 fully saturated rings. The number of aromatic nitrogens is 4. The summed E-state index contributed by atoms with van der Waals surface area (Å²) in [7, 11) is 1.63. The highest BCUT2D eigenvalue weighted by molar-refractivity contribution is 5.95. The summed E-state index contributed by atoms with van der Waals surface area (Å²) in [4.78, 5) is 12.8. The lowest BCUT2D eigenvalue weighted by Gasteiger charge is -2.35. The van der Waals surface area contributed by atoms with Crippen LogP contribution in [0.1, 0.15) is 12.8 Å². The summed E-state index contributed by atoms with van der Waals surface area (Å²) < 4.78 is 6.85. The first-order valence-corrected chi connectivity index (χ1v) is 7.58. The molecule has 0 aliphatic carbocycles. The molecule has 1 aliphatic heterocycles. The van der Waals surface area contributed by atoms with E-state index in [1.807, 2.05) is 24.3 Å². The summed E-state index contributed by atoms with van der Waals surface area (Å²) in [6.07, 6.45) is 3.04. The molecule has 0 spiro atoms. The highest BCUT2D eigenvalue weighted by Gasteiger charge is 2.39. The number of nitrogens with one attached hydrogen (secondary N) is 2. The highest BCUT2D eigenvalue weighted by atomic mass is 16.5. The molecule has 0 bridgehead atoms. The fourth-order valence-corrected chi connectivity index (χ4v) is 2.89. The third-order valence-electron chi connectivity index (χ3n) is 4.18. The van der Waals surface area contributed by atoms with Crippen molar-refractivity contribution in [3.63, 3.8) is 0 Å². The number of carbonyl (C=O) groups is 1. The van der Waals surface area contributed by atoms with Crippen LogP contribution >= 0.6 is 0 Å². The van der Waals surface area contributed by atoms with Gasteiger partial charge in [0.2, 0.25) is 5.91 Å². The predicted octanol–water partition coefficient (Wildman–Crippen LogP) is 0.617. The van der Waals surface area contributed by atoms with Crippen LogP contribution in [-0.4, -0.2) is 52.9 Å². The van der Waals surface area contributed by atoms with Crippen LogP contribution < -0.4 is 10.6 Å². The van der Waals surface area contributed by atoms with E-state index in [4.69, 9.17) is 4.74 Å². The number of methoxy groups -OCH3 is 1. The zero-order valence-electron chi connectivity index (χ0n) is 13.0. The topological polar surface area (TPSA) is 94.0 Å². The van der Waals surface area contributed by atoms with Gasteiger partial charge in [-0.1, -0.05) is 6.07 Å². The Hall–Kier alpha value is -2.32. The Morgan fingerprint density at radius 1 is 1.43 bits per heavy atom. The first-order chi connectivity index (χ1) is 11.2. The largest absolute Gasteiger partial charge is 0.384 e. The van der Waals surface area contributed by atoms with Gasteiger partial charge in [0.15, 0.2) is 0 Å². The predicted molar refractivity (Wildman–Crippen MR) is 84.2 cm³/mol. The van der Waals surface area contributed by atoms with E-state index in [-0.39, 0.29) is 5.91 Å². The second kappa shape index (κ2) is 6.84. The number of hydrogen-bond donors (Lipinski definition) is 2. The van der Waals surface area contributed by atoms with Gasteiger partial charge in [0.05, 0.1) is 17.7 Å². The van der Waals surface area contributed by atoms with Crippen molar-refractivity contribution >= 4 is 11.6 Å². The van der Waals surface area contributed by atoms with E-state index in [1.54, 1.807) is 11.8 Å². The maximum absolute atomic E-state index is 12.8. The first kappa shape index (κ1) is 15.6. The second-order valence-corrected chi connectivity index (χ2v) is 5.72. The average molecular weight is 316 g/mol. The normalized spacial score (nSPS) is 16.9. The molecular formula is C15H20N6O2. The Labute approximate surface area is 134 Å². The van der Waals surface area contributed by atoms with Crippen LogP contribution in [-0.2, 0) is 9.53 Å². The molecule has 2 heterocycles. The number of ether oxygens (including phenoxy) is 1. The molecule has 8 heteroatoms. The molecule has 23 heavy (non-hydrogen) atoms. The van der Waals surface area contributed by atoms with Crippen LogP contribution in [0, 0.1) is 5.41 Å². The highest BCUT2D eigenvalue weighted by Crippen LogP contribution is 2.31. The smallest absolute Gasteiger partial charge is 0.233 e. The zero-order chi connectivity index (χ0) is 16.1. The lowest BCUT2D eigenvalue weighted by molar-refractivity contribution is -0.130. The molecule has 2 N–H and O–H groups in total. The summed E-state index contributed by atoms with van der Waals surface area (Å²) >= 11 is 0. The van der Waals surface area contributed by atoms with E-state index >= 15 is 0 Å². The molecule has 1 saturated heterocycles. The first-order valence-electron chi connectivity index (χ1n) is 7.58. The molecule has 122 valence electrons. The van der Waals surface area contributed by atoms with Crippen molar-refractivity contribution in [2.75, 3.05) is 32.1 Å². The SMILES string of the molecule is COCC1(C(=O)Nc2cccc(-n3cnnn3)c2)CCNCC1. The summed E-state index contributed by atoms with van der Waals surface area (Å²) in [6, 6.07) is 7.43. The van der Waals surface area contributed by atoms with Gasteiger partial charge >= 0.3 is 0 Å². The minimum absolute atomic E-state index is 0.00489. The molecule has 0 saturated carbocycles. The van der Waals surface area contributed by atoms with Crippen molar-refractivity contribution in [2.24, 2.45) is 5.41 Å². The Morgan fingerprint density at radius 2 is 2.26 bits per heavy atom. The number of amides is 1. The summed E-state index contributed by atoms with van der Waals surface area (Å²) in [5, 5.41) is 17.4. The van der Waals surface area contributed by atoms with Crippen molar-refractivity contribution in [1.82, 2.24) is 25.5 Å². The Bertz CT molecular complexity index is 646. The van der Waals surface area contributed by atoms with Crippen LogP contribution in [0.2, 0.25) is 0 Å². The molecule has 1 aromatic heterocycles. The number of tetrazole rings is 1. The van der Waals surface area contributed by atoms with E-state index in [0.29, 0.717) is 6.61 Å². The molecule has 1 aliphatic rings. The Kier molecular flexibility index (Phi) is 4.63. The quantitative estimate of drug-likeness (QED) is 0.840. The van der Waals surface area contributed by atoms with Crippen LogP contribution in [0.3, 0.4) is 0 Å². The van der Waals surface area contributed by atoms with Crippen molar-refractivity contribution in [3.05, 3.63) is 30.6 Å². The van der Waals surface area contributed by atoms with E-state index in [2.05, 4.69) is 26.2 Å². The van der Waals surface area contributed by atoms with Crippen LogP contribution in [0.25, 0.3) is 5.69 Å². The number of rotatable bonds is 5. The fraction of sp³-hybridized carbons (Fsp3) is 0.467. The average Bonchev–Trinajstić information content (AvgIpc) is 3.11. The van der Waals surface area contributed by atoms with Gasteiger partial charge in [0, 0.05) is 12.8 Å².